The molecular weight excluding hydrogens is 442 g/mol. The Hall–Kier alpha value is -3.16. The van der Waals surface area contributed by atoms with E-state index in [1.54, 1.807) is 0 Å². The second-order valence-corrected chi connectivity index (χ2v) is 8.45. The number of anilines is 1. The molecule has 0 amide bonds. The molecule has 0 spiro atoms. The summed E-state index contributed by atoms with van der Waals surface area (Å²) in [6.07, 6.45) is -0.273. The summed E-state index contributed by atoms with van der Waals surface area (Å²) in [4.78, 5) is 23.4. The fourth-order valence-corrected chi connectivity index (χ4v) is 4.16. The lowest BCUT2D eigenvalue weighted by atomic mass is 9.97. The van der Waals surface area contributed by atoms with Gasteiger partial charge in [-0.3, -0.25) is 9.36 Å². The molecule has 1 aliphatic rings. The minimum atomic E-state index is -1.23. The molecular formula is C22H29N7O5. The molecule has 1 fully saturated rings. The molecule has 0 saturated carbocycles. The zero-order valence-corrected chi connectivity index (χ0v) is 18.4. The molecule has 3 aromatic rings. The Morgan fingerprint density at radius 2 is 1.91 bits per heavy atom. The first-order valence-corrected chi connectivity index (χ1v) is 11.1. The van der Waals surface area contributed by atoms with E-state index in [9.17, 15) is 15.0 Å². The van der Waals surface area contributed by atoms with E-state index in [0.29, 0.717) is 30.6 Å². The van der Waals surface area contributed by atoms with Gasteiger partial charge in [-0.25, -0.2) is 15.0 Å². The van der Waals surface area contributed by atoms with Gasteiger partial charge in [0, 0.05) is 12.6 Å². The number of aromatic nitrogens is 4. The van der Waals surface area contributed by atoms with Crippen molar-refractivity contribution >= 4 is 23.0 Å². The molecule has 6 atom stereocenters. The van der Waals surface area contributed by atoms with Crippen LogP contribution in [0.4, 0.5) is 5.82 Å². The van der Waals surface area contributed by atoms with Crippen LogP contribution in [0.5, 0.6) is 0 Å². The first kappa shape index (κ1) is 24.0. The number of carbonyl (C=O) groups is 1. The zero-order chi connectivity index (χ0) is 24.2. The molecule has 12 nitrogen and oxygen atoms in total. The van der Waals surface area contributed by atoms with Gasteiger partial charge in [0.2, 0.25) is 0 Å². The lowest BCUT2D eigenvalue weighted by molar-refractivity contribution is -0.138. The summed E-state index contributed by atoms with van der Waals surface area (Å²) in [6, 6.07) is 8.54. The Morgan fingerprint density at radius 3 is 2.65 bits per heavy atom. The summed E-state index contributed by atoms with van der Waals surface area (Å²) < 4.78 is 7.57. The van der Waals surface area contributed by atoms with Crippen LogP contribution >= 0.6 is 0 Å². The molecule has 1 aromatic carbocycles. The number of benzene rings is 1. The van der Waals surface area contributed by atoms with Crippen molar-refractivity contribution in [2.24, 2.45) is 5.73 Å². The van der Waals surface area contributed by atoms with E-state index < -0.39 is 36.6 Å². The maximum absolute atomic E-state index is 11.2. The van der Waals surface area contributed by atoms with Crippen LogP contribution in [0.25, 0.3) is 11.2 Å². The molecule has 0 radical (unpaired) electrons. The number of carboxylic acid groups (broad SMARTS) is 1. The average Bonchev–Trinajstić information content (AvgIpc) is 3.38. The summed E-state index contributed by atoms with van der Waals surface area (Å²) >= 11 is 0. The molecule has 0 aliphatic carbocycles. The van der Waals surface area contributed by atoms with E-state index in [4.69, 9.17) is 21.3 Å². The molecule has 182 valence electrons. The van der Waals surface area contributed by atoms with Crippen LogP contribution in [0.1, 0.15) is 31.1 Å². The van der Waals surface area contributed by atoms with Crippen molar-refractivity contribution in [3.8, 4) is 0 Å². The topological polar surface area (TPSA) is 195 Å². The van der Waals surface area contributed by atoms with E-state index in [0.717, 1.165) is 5.56 Å². The predicted molar refractivity (Wildman–Crippen MR) is 122 cm³/mol. The molecule has 0 unspecified atom stereocenters. The molecule has 1 aliphatic heterocycles. The Balaban J connectivity index is 1.48. The number of nitrogens with two attached hydrogens (primary N) is 2. The van der Waals surface area contributed by atoms with Gasteiger partial charge in [-0.15, -0.1) is 0 Å². The minimum absolute atomic E-state index is 0.202. The third kappa shape index (κ3) is 5.16. The van der Waals surface area contributed by atoms with Crippen molar-refractivity contribution in [3.63, 3.8) is 0 Å². The number of nitrogens with zero attached hydrogens (tertiary/aromatic N) is 4. The highest BCUT2D eigenvalue weighted by atomic mass is 16.6. The first-order valence-electron chi connectivity index (χ1n) is 11.1. The Labute approximate surface area is 195 Å². The number of aliphatic hydroxyl groups excluding tert-OH is 2. The Morgan fingerprint density at radius 1 is 1.15 bits per heavy atom. The van der Waals surface area contributed by atoms with Crippen molar-refractivity contribution in [2.45, 2.75) is 62.4 Å². The van der Waals surface area contributed by atoms with E-state index in [1.165, 1.54) is 17.2 Å². The van der Waals surface area contributed by atoms with Crippen molar-refractivity contribution in [1.82, 2.24) is 24.8 Å². The fraction of sp³-hybridized carbons (Fsp3) is 0.455. The molecule has 3 heterocycles. The largest absolute Gasteiger partial charge is 0.480 e. The number of nitrogens with one attached hydrogen (secondary N) is 1. The third-order valence-corrected chi connectivity index (χ3v) is 6.10. The van der Waals surface area contributed by atoms with Gasteiger partial charge >= 0.3 is 5.97 Å². The van der Waals surface area contributed by atoms with Gasteiger partial charge in [-0.1, -0.05) is 30.3 Å². The third-order valence-electron chi connectivity index (χ3n) is 6.10. The van der Waals surface area contributed by atoms with E-state index in [1.807, 2.05) is 30.3 Å². The van der Waals surface area contributed by atoms with Crippen LogP contribution in [-0.2, 0) is 16.1 Å². The van der Waals surface area contributed by atoms with E-state index in [-0.39, 0.29) is 18.3 Å². The van der Waals surface area contributed by atoms with Crippen LogP contribution in [0, 0.1) is 0 Å². The van der Waals surface area contributed by atoms with Crippen molar-refractivity contribution in [1.29, 1.82) is 0 Å². The number of imidazole rings is 1. The molecule has 34 heavy (non-hydrogen) atoms. The lowest BCUT2D eigenvalue weighted by Gasteiger charge is -2.24. The van der Waals surface area contributed by atoms with E-state index >= 15 is 0 Å². The van der Waals surface area contributed by atoms with Crippen molar-refractivity contribution < 1.29 is 24.9 Å². The average molecular weight is 472 g/mol. The highest BCUT2D eigenvalue weighted by Gasteiger charge is 2.45. The molecule has 0 bridgehead atoms. The maximum Gasteiger partial charge on any atom is 0.320 e. The van der Waals surface area contributed by atoms with Gasteiger partial charge in [-0.2, -0.15) is 0 Å². The number of ether oxygens (including phenoxy) is 1. The Kier molecular flexibility index (Phi) is 7.34. The van der Waals surface area contributed by atoms with Gasteiger partial charge < -0.3 is 36.8 Å². The SMILES string of the molecule is Nc1ncnc2c1ncn2[C@@H]1O[C@H](C[C@H](CC[C@H](N)C(=O)O)NCc2ccccc2)[C@@H](O)[C@H]1O. The van der Waals surface area contributed by atoms with Gasteiger partial charge in [-0.05, 0) is 24.8 Å². The zero-order valence-electron chi connectivity index (χ0n) is 18.4. The summed E-state index contributed by atoms with van der Waals surface area (Å²) in [5.41, 5.74) is 13.4. The first-order chi connectivity index (χ1) is 16.3. The number of fused-ring (bicyclic) bond motifs is 1. The van der Waals surface area contributed by atoms with Gasteiger partial charge in [0.1, 0.15) is 30.1 Å². The summed E-state index contributed by atoms with van der Waals surface area (Å²) in [7, 11) is 0. The van der Waals surface area contributed by atoms with E-state index in [2.05, 4.69) is 20.3 Å². The molecule has 2 aromatic heterocycles. The van der Waals surface area contributed by atoms with Crippen LogP contribution in [0.2, 0.25) is 0 Å². The molecule has 12 heteroatoms. The Bertz CT molecular complexity index is 1110. The highest BCUT2D eigenvalue weighted by molar-refractivity contribution is 5.81. The summed E-state index contributed by atoms with van der Waals surface area (Å²) in [5.74, 6) is -0.865. The summed E-state index contributed by atoms with van der Waals surface area (Å²) in [5, 5.41) is 34.0. The number of nitrogen functional groups attached to an aromatic ring is 1. The number of rotatable bonds is 10. The van der Waals surface area contributed by atoms with Crippen molar-refractivity contribution in [2.75, 3.05) is 5.73 Å². The summed E-state index contributed by atoms with van der Waals surface area (Å²) in [6.45, 7) is 0.547. The van der Waals surface area contributed by atoms with Crippen LogP contribution < -0.4 is 16.8 Å². The van der Waals surface area contributed by atoms with Gasteiger partial charge in [0.25, 0.3) is 0 Å². The van der Waals surface area contributed by atoms with Crippen LogP contribution in [0.15, 0.2) is 43.0 Å². The number of aliphatic carboxylic acids is 1. The smallest absolute Gasteiger partial charge is 0.320 e. The molecule has 8 N–H and O–H groups in total. The molecule has 4 rings (SSSR count). The number of hydrogen-bond donors (Lipinski definition) is 6. The maximum atomic E-state index is 11.2. The second kappa shape index (κ2) is 10.4. The second-order valence-electron chi connectivity index (χ2n) is 8.45. The standard InChI is InChI=1S/C22H29N7O5/c23-14(22(32)33)7-6-13(25-9-12-4-2-1-3-5-12)8-15-17(30)18(31)21(34-15)29-11-28-16-19(24)26-10-27-20(16)29/h1-5,10-11,13-15,17-18,21,25,30-31H,6-9,23H2,(H,32,33)(H2,24,26,27)/t13-,14-,15+,17+,18+,21+/m0/s1. The normalized spacial score (nSPS) is 24.3. The minimum Gasteiger partial charge on any atom is -0.480 e. The van der Waals surface area contributed by atoms with Crippen LogP contribution in [-0.4, -0.2) is 71.2 Å². The quantitative estimate of drug-likeness (QED) is 0.228. The predicted octanol–water partition coefficient (Wildman–Crippen LogP) is -0.232. The number of carboxylic acids is 1. The fourth-order valence-electron chi connectivity index (χ4n) is 4.16. The number of hydrogen-bond acceptors (Lipinski definition) is 10. The molecule has 1 saturated heterocycles. The van der Waals surface area contributed by atoms with Crippen molar-refractivity contribution in [3.05, 3.63) is 48.5 Å². The monoisotopic (exact) mass is 471 g/mol. The number of aliphatic hydroxyl groups is 2. The lowest BCUT2D eigenvalue weighted by Crippen LogP contribution is -2.39. The van der Waals surface area contributed by atoms with Gasteiger partial charge in [0.05, 0.1) is 12.4 Å². The van der Waals surface area contributed by atoms with Crippen LogP contribution in [0.3, 0.4) is 0 Å². The highest BCUT2D eigenvalue weighted by Crippen LogP contribution is 2.34. The van der Waals surface area contributed by atoms with Gasteiger partial charge in [0.15, 0.2) is 17.7 Å².